The van der Waals surface area contributed by atoms with Crippen molar-refractivity contribution in [2.45, 2.75) is 52.2 Å². The van der Waals surface area contributed by atoms with Gasteiger partial charge in [-0.1, -0.05) is 0 Å². The van der Waals surface area contributed by atoms with Crippen molar-refractivity contribution in [1.82, 2.24) is 19.6 Å². The lowest BCUT2D eigenvalue weighted by Gasteiger charge is -2.30. The zero-order chi connectivity index (χ0) is 17.3. The highest BCUT2D eigenvalue weighted by atomic mass is 16.2. The van der Waals surface area contributed by atoms with Gasteiger partial charge in [-0.3, -0.25) is 19.2 Å². The van der Waals surface area contributed by atoms with Crippen LogP contribution >= 0.6 is 0 Å². The Labute approximate surface area is 142 Å². The number of primary amides is 1. The van der Waals surface area contributed by atoms with Crippen molar-refractivity contribution in [3.63, 3.8) is 0 Å². The van der Waals surface area contributed by atoms with E-state index in [2.05, 4.69) is 23.8 Å². The molecule has 0 aromatic carbocycles. The number of rotatable bonds is 3. The molecule has 132 valence electrons. The van der Waals surface area contributed by atoms with Gasteiger partial charge < -0.3 is 10.6 Å². The lowest BCUT2D eigenvalue weighted by molar-refractivity contribution is -0.123. The van der Waals surface area contributed by atoms with E-state index in [0.717, 1.165) is 44.6 Å². The third-order valence-corrected chi connectivity index (χ3v) is 5.10. The van der Waals surface area contributed by atoms with Gasteiger partial charge in [0.15, 0.2) is 5.69 Å². The minimum atomic E-state index is -0.319. The molecule has 0 aliphatic carbocycles. The number of hydrogen-bond donors (Lipinski definition) is 1. The number of fused-ring (bicyclic) bond motifs is 1. The van der Waals surface area contributed by atoms with Gasteiger partial charge in [0.1, 0.15) is 0 Å². The zero-order valence-electron chi connectivity index (χ0n) is 14.6. The average molecular weight is 333 g/mol. The second-order valence-corrected chi connectivity index (χ2v) is 7.15. The third-order valence-electron chi connectivity index (χ3n) is 5.10. The first-order chi connectivity index (χ1) is 11.5. The van der Waals surface area contributed by atoms with Crippen LogP contribution in [0.5, 0.6) is 0 Å². The smallest absolute Gasteiger partial charge is 0.274 e. The summed E-state index contributed by atoms with van der Waals surface area (Å²) in [5.74, 6) is -0.641. The number of piperidine rings is 1. The number of aryl methyl sites for hydroxylation is 1. The maximum Gasteiger partial charge on any atom is 0.274 e. The van der Waals surface area contributed by atoms with Gasteiger partial charge in [-0.2, -0.15) is 5.10 Å². The SMILES string of the molecule is CC(C)N1CCCn2nc(C(=O)N3CCC[C@H](C(N)=O)C3)cc2C1. The first-order valence-corrected chi connectivity index (χ1v) is 8.85. The van der Waals surface area contributed by atoms with Crippen LogP contribution < -0.4 is 5.73 Å². The van der Waals surface area contributed by atoms with E-state index in [1.165, 1.54) is 0 Å². The molecule has 1 fully saturated rings. The first-order valence-electron chi connectivity index (χ1n) is 8.85. The Morgan fingerprint density at radius 2 is 2.04 bits per heavy atom. The fraction of sp³-hybridized carbons (Fsp3) is 0.706. The van der Waals surface area contributed by atoms with Crippen LogP contribution in [0.25, 0.3) is 0 Å². The molecule has 2 aliphatic rings. The first kappa shape index (κ1) is 17.0. The van der Waals surface area contributed by atoms with Gasteiger partial charge in [-0.05, 0) is 39.2 Å². The summed E-state index contributed by atoms with van der Waals surface area (Å²) in [4.78, 5) is 28.3. The van der Waals surface area contributed by atoms with Gasteiger partial charge in [0.2, 0.25) is 5.91 Å². The van der Waals surface area contributed by atoms with Crippen molar-refractivity contribution >= 4 is 11.8 Å². The molecule has 2 aliphatic heterocycles. The number of hydrogen-bond acceptors (Lipinski definition) is 4. The Morgan fingerprint density at radius 1 is 1.25 bits per heavy atom. The Balaban J connectivity index is 1.75. The van der Waals surface area contributed by atoms with Crippen molar-refractivity contribution in [3.05, 3.63) is 17.5 Å². The van der Waals surface area contributed by atoms with Crippen LogP contribution in [-0.2, 0) is 17.9 Å². The van der Waals surface area contributed by atoms with Gasteiger partial charge in [0.25, 0.3) is 5.91 Å². The number of carbonyl (C=O) groups is 2. The number of nitrogens with zero attached hydrogens (tertiary/aromatic N) is 4. The van der Waals surface area contributed by atoms with Crippen molar-refractivity contribution < 1.29 is 9.59 Å². The van der Waals surface area contributed by atoms with Gasteiger partial charge in [0, 0.05) is 38.8 Å². The highest BCUT2D eigenvalue weighted by Crippen LogP contribution is 2.20. The summed E-state index contributed by atoms with van der Waals surface area (Å²) >= 11 is 0. The molecule has 0 radical (unpaired) electrons. The second-order valence-electron chi connectivity index (χ2n) is 7.15. The van der Waals surface area contributed by atoms with E-state index in [1.54, 1.807) is 4.90 Å². The Bertz CT molecular complexity index is 624. The third kappa shape index (κ3) is 3.45. The highest BCUT2D eigenvalue weighted by molar-refractivity contribution is 5.93. The lowest BCUT2D eigenvalue weighted by atomic mass is 9.97. The van der Waals surface area contributed by atoms with Crippen LogP contribution in [-0.4, -0.2) is 57.1 Å². The van der Waals surface area contributed by atoms with E-state index in [1.807, 2.05) is 10.7 Å². The summed E-state index contributed by atoms with van der Waals surface area (Å²) in [5.41, 5.74) is 6.98. The maximum atomic E-state index is 12.8. The molecule has 1 aromatic rings. The van der Waals surface area contributed by atoms with Crippen molar-refractivity contribution in [2.75, 3.05) is 19.6 Å². The summed E-state index contributed by atoms with van der Waals surface area (Å²) in [6.45, 7) is 8.18. The monoisotopic (exact) mass is 333 g/mol. The van der Waals surface area contributed by atoms with E-state index < -0.39 is 0 Å². The van der Waals surface area contributed by atoms with E-state index in [-0.39, 0.29) is 17.7 Å². The summed E-state index contributed by atoms with van der Waals surface area (Å²) in [6.07, 6.45) is 2.62. The molecule has 1 aromatic heterocycles. The molecule has 7 heteroatoms. The molecule has 0 spiro atoms. The van der Waals surface area contributed by atoms with E-state index in [0.29, 0.717) is 24.8 Å². The average Bonchev–Trinajstić information content (AvgIpc) is 2.85. The number of aromatic nitrogens is 2. The van der Waals surface area contributed by atoms with Crippen LogP contribution in [0.2, 0.25) is 0 Å². The summed E-state index contributed by atoms with van der Waals surface area (Å²) in [5, 5.41) is 4.53. The number of likely N-dealkylation sites (tertiary alicyclic amines) is 1. The fourth-order valence-corrected chi connectivity index (χ4v) is 3.59. The van der Waals surface area contributed by atoms with Gasteiger partial charge in [0.05, 0.1) is 11.6 Å². The molecule has 3 rings (SSSR count). The van der Waals surface area contributed by atoms with Crippen LogP contribution in [0, 0.1) is 5.92 Å². The largest absolute Gasteiger partial charge is 0.369 e. The highest BCUT2D eigenvalue weighted by Gasteiger charge is 2.29. The Morgan fingerprint density at radius 3 is 2.75 bits per heavy atom. The van der Waals surface area contributed by atoms with E-state index in [4.69, 9.17) is 5.73 Å². The molecular weight excluding hydrogens is 306 g/mol. The second kappa shape index (κ2) is 6.93. The van der Waals surface area contributed by atoms with Crippen molar-refractivity contribution in [1.29, 1.82) is 0 Å². The molecule has 0 saturated carbocycles. The normalized spacial score (nSPS) is 22.3. The summed E-state index contributed by atoms with van der Waals surface area (Å²) in [6, 6.07) is 2.39. The minimum Gasteiger partial charge on any atom is -0.369 e. The molecule has 24 heavy (non-hydrogen) atoms. The van der Waals surface area contributed by atoms with Gasteiger partial charge in [-0.25, -0.2) is 0 Å². The van der Waals surface area contributed by atoms with Crippen LogP contribution in [0.4, 0.5) is 0 Å². The van der Waals surface area contributed by atoms with Crippen LogP contribution in [0.15, 0.2) is 6.07 Å². The molecule has 1 atom stereocenters. The van der Waals surface area contributed by atoms with Gasteiger partial charge >= 0.3 is 0 Å². The standard InChI is InChI=1S/C17H27N5O2/c1-12(2)20-7-4-8-22-14(11-20)9-15(19-22)17(24)21-6-3-5-13(10-21)16(18)23/h9,12-13H,3-8,10-11H2,1-2H3,(H2,18,23)/t13-/m0/s1. The molecule has 0 bridgehead atoms. The lowest BCUT2D eigenvalue weighted by Crippen LogP contribution is -2.44. The molecular formula is C17H27N5O2. The summed E-state index contributed by atoms with van der Waals surface area (Å²) < 4.78 is 1.96. The summed E-state index contributed by atoms with van der Waals surface area (Å²) in [7, 11) is 0. The maximum absolute atomic E-state index is 12.8. The molecule has 2 N–H and O–H groups in total. The predicted octanol–water partition coefficient (Wildman–Crippen LogP) is 0.835. The number of nitrogens with two attached hydrogens (primary N) is 1. The van der Waals surface area contributed by atoms with Crippen molar-refractivity contribution in [3.8, 4) is 0 Å². The topological polar surface area (TPSA) is 84.5 Å². The zero-order valence-corrected chi connectivity index (χ0v) is 14.6. The number of amides is 2. The quantitative estimate of drug-likeness (QED) is 0.888. The number of carbonyl (C=O) groups excluding carboxylic acids is 2. The predicted molar refractivity (Wildman–Crippen MR) is 90.2 cm³/mol. The minimum absolute atomic E-state index is 0.0855. The molecule has 1 saturated heterocycles. The molecule has 0 unspecified atom stereocenters. The molecule has 7 nitrogen and oxygen atoms in total. The van der Waals surface area contributed by atoms with Crippen LogP contribution in [0.1, 0.15) is 49.3 Å². The molecule has 2 amide bonds. The van der Waals surface area contributed by atoms with Crippen molar-refractivity contribution in [2.24, 2.45) is 11.7 Å². The molecule has 3 heterocycles. The Kier molecular flexibility index (Phi) is 4.89. The Hall–Kier alpha value is -1.89. The van der Waals surface area contributed by atoms with Crippen LogP contribution in [0.3, 0.4) is 0 Å². The fourth-order valence-electron chi connectivity index (χ4n) is 3.59. The van der Waals surface area contributed by atoms with E-state index >= 15 is 0 Å². The van der Waals surface area contributed by atoms with E-state index in [9.17, 15) is 9.59 Å². The van der Waals surface area contributed by atoms with Gasteiger partial charge in [-0.15, -0.1) is 0 Å².